The highest BCUT2D eigenvalue weighted by Gasteiger charge is 2.34. The van der Waals surface area contributed by atoms with Gasteiger partial charge in [0.2, 0.25) is 5.91 Å². The number of carbonyl (C=O) groups excluding carboxylic acids is 5. The van der Waals surface area contributed by atoms with Crippen LogP contribution in [-0.4, -0.2) is 33.5 Å². The summed E-state index contributed by atoms with van der Waals surface area (Å²) in [6.45, 7) is 0. The van der Waals surface area contributed by atoms with Gasteiger partial charge in [-0.15, -0.1) is 0 Å². The standard InChI is InChI=1S/C15H9BrN2O6S2/c16-7-3-6(4-9-12(20)17-14(22)25-9)1-2-8(7)24-11(19)5-10-13(21)18-15(23)26-10/h1-4,10H,5H2,(H,17,20,22)(H,18,21,23)/b9-4+. The molecule has 2 N–H and O–H groups in total. The van der Waals surface area contributed by atoms with Crippen molar-refractivity contribution in [3.8, 4) is 5.75 Å². The Kier molecular flexibility index (Phi) is 5.49. The van der Waals surface area contributed by atoms with Crippen molar-refractivity contribution in [3.05, 3.63) is 33.1 Å². The highest BCUT2D eigenvalue weighted by Crippen LogP contribution is 2.31. The van der Waals surface area contributed by atoms with Crippen LogP contribution < -0.4 is 15.4 Å². The van der Waals surface area contributed by atoms with Crippen molar-refractivity contribution in [2.45, 2.75) is 11.7 Å². The summed E-state index contributed by atoms with van der Waals surface area (Å²) < 4.78 is 5.66. The number of thioether (sulfide) groups is 2. The van der Waals surface area contributed by atoms with Gasteiger partial charge in [-0.2, -0.15) is 0 Å². The van der Waals surface area contributed by atoms with Crippen molar-refractivity contribution in [3.63, 3.8) is 0 Å². The normalized spacial score (nSPS) is 21.1. The van der Waals surface area contributed by atoms with E-state index in [0.717, 1.165) is 23.5 Å². The molecule has 11 heteroatoms. The number of hydrogen-bond acceptors (Lipinski definition) is 8. The van der Waals surface area contributed by atoms with Gasteiger partial charge in [-0.05, 0) is 51.5 Å². The van der Waals surface area contributed by atoms with E-state index < -0.39 is 33.5 Å². The fourth-order valence-electron chi connectivity index (χ4n) is 2.11. The Morgan fingerprint density at radius 2 is 1.96 bits per heavy atom. The van der Waals surface area contributed by atoms with Crippen LogP contribution in [0.3, 0.4) is 0 Å². The van der Waals surface area contributed by atoms with Crippen molar-refractivity contribution in [2.75, 3.05) is 0 Å². The molecule has 4 amide bonds. The summed E-state index contributed by atoms with van der Waals surface area (Å²) in [6, 6.07) is 4.74. The molecule has 1 aromatic carbocycles. The lowest BCUT2D eigenvalue weighted by Gasteiger charge is -2.08. The SMILES string of the molecule is O=C(CC1SC(=O)NC1=O)Oc1ccc(/C=C2/SC(=O)NC2=O)cc1Br. The number of ether oxygens (including phenoxy) is 1. The van der Waals surface area contributed by atoms with Crippen LogP contribution in [-0.2, 0) is 14.4 Å². The topological polar surface area (TPSA) is 119 Å². The molecule has 1 atom stereocenters. The molecule has 0 bridgehead atoms. The second-order valence-corrected chi connectivity index (χ2v) is 8.15. The maximum atomic E-state index is 12.0. The first kappa shape index (κ1) is 18.7. The minimum atomic E-state index is -0.798. The summed E-state index contributed by atoms with van der Waals surface area (Å²) in [5, 5.41) is 2.54. The average Bonchev–Trinajstić information content (AvgIpc) is 3.03. The highest BCUT2D eigenvalue weighted by molar-refractivity contribution is 9.10. The van der Waals surface area contributed by atoms with Gasteiger partial charge in [-0.25, -0.2) is 0 Å². The molecular formula is C15H9BrN2O6S2. The molecule has 134 valence electrons. The lowest BCUT2D eigenvalue weighted by molar-refractivity contribution is -0.136. The Morgan fingerprint density at radius 1 is 1.19 bits per heavy atom. The molecular weight excluding hydrogens is 448 g/mol. The monoisotopic (exact) mass is 456 g/mol. The Labute approximate surface area is 163 Å². The van der Waals surface area contributed by atoms with Gasteiger partial charge in [-0.3, -0.25) is 34.6 Å². The predicted molar refractivity (Wildman–Crippen MR) is 98.4 cm³/mol. The molecule has 2 fully saturated rings. The summed E-state index contributed by atoms with van der Waals surface area (Å²) in [7, 11) is 0. The first-order chi connectivity index (χ1) is 12.3. The third-order valence-electron chi connectivity index (χ3n) is 3.24. The Bertz CT molecular complexity index is 885. The van der Waals surface area contributed by atoms with E-state index >= 15 is 0 Å². The molecule has 8 nitrogen and oxygen atoms in total. The summed E-state index contributed by atoms with van der Waals surface area (Å²) in [5.41, 5.74) is 0.625. The summed E-state index contributed by atoms with van der Waals surface area (Å²) in [5.74, 6) is -1.41. The molecule has 1 aromatic rings. The zero-order valence-electron chi connectivity index (χ0n) is 12.7. The van der Waals surface area contributed by atoms with Crippen LogP contribution >= 0.6 is 39.5 Å². The molecule has 3 rings (SSSR count). The Morgan fingerprint density at radius 3 is 2.54 bits per heavy atom. The van der Waals surface area contributed by atoms with Gasteiger partial charge < -0.3 is 4.74 Å². The van der Waals surface area contributed by atoms with Crippen molar-refractivity contribution in [1.82, 2.24) is 10.6 Å². The lowest BCUT2D eigenvalue weighted by Crippen LogP contribution is -2.27. The van der Waals surface area contributed by atoms with E-state index in [1.165, 1.54) is 12.1 Å². The van der Waals surface area contributed by atoms with E-state index in [-0.39, 0.29) is 17.1 Å². The van der Waals surface area contributed by atoms with Crippen LogP contribution in [0, 0.1) is 0 Å². The molecule has 2 aliphatic rings. The van der Waals surface area contributed by atoms with Gasteiger partial charge in [0.1, 0.15) is 11.0 Å². The van der Waals surface area contributed by atoms with E-state index in [1.807, 2.05) is 0 Å². The second kappa shape index (κ2) is 7.64. The molecule has 26 heavy (non-hydrogen) atoms. The van der Waals surface area contributed by atoms with Crippen LogP contribution in [0.2, 0.25) is 0 Å². The minimum Gasteiger partial charge on any atom is -0.425 e. The molecule has 1 unspecified atom stereocenters. The second-order valence-electron chi connectivity index (χ2n) is 5.10. The number of rotatable bonds is 4. The van der Waals surface area contributed by atoms with E-state index in [0.29, 0.717) is 10.0 Å². The maximum Gasteiger partial charge on any atom is 0.312 e. The molecule has 2 heterocycles. The summed E-state index contributed by atoms with van der Waals surface area (Å²) in [6.07, 6.45) is 1.30. The van der Waals surface area contributed by atoms with Gasteiger partial charge in [0.05, 0.1) is 15.8 Å². The van der Waals surface area contributed by atoms with Crippen molar-refractivity contribution in [1.29, 1.82) is 0 Å². The molecule has 0 saturated carbocycles. The highest BCUT2D eigenvalue weighted by atomic mass is 79.9. The van der Waals surface area contributed by atoms with Crippen LogP contribution in [0.5, 0.6) is 5.75 Å². The number of benzene rings is 1. The van der Waals surface area contributed by atoms with Gasteiger partial charge >= 0.3 is 5.97 Å². The Hall–Kier alpha value is -2.11. The number of esters is 1. The van der Waals surface area contributed by atoms with Gasteiger partial charge in [0.15, 0.2) is 0 Å². The van der Waals surface area contributed by atoms with Crippen molar-refractivity contribution >= 4 is 73.8 Å². The number of imide groups is 2. The molecule has 0 aromatic heterocycles. The molecule has 0 spiro atoms. The first-order valence-corrected chi connectivity index (χ1v) is 9.57. The van der Waals surface area contributed by atoms with Crippen LogP contribution in [0.25, 0.3) is 6.08 Å². The zero-order chi connectivity index (χ0) is 18.8. The van der Waals surface area contributed by atoms with Crippen LogP contribution in [0.15, 0.2) is 27.6 Å². The van der Waals surface area contributed by atoms with Crippen LogP contribution in [0.4, 0.5) is 9.59 Å². The number of halogens is 1. The smallest absolute Gasteiger partial charge is 0.312 e. The third kappa shape index (κ3) is 4.34. The molecule has 0 radical (unpaired) electrons. The molecule has 2 aliphatic heterocycles. The quantitative estimate of drug-likeness (QED) is 0.402. The predicted octanol–water partition coefficient (Wildman–Crippen LogP) is 2.42. The fourth-order valence-corrected chi connectivity index (χ4v) is 4.07. The van der Waals surface area contributed by atoms with Crippen LogP contribution in [0.1, 0.15) is 12.0 Å². The number of nitrogens with one attached hydrogen (secondary N) is 2. The van der Waals surface area contributed by atoms with E-state index in [4.69, 9.17) is 4.74 Å². The van der Waals surface area contributed by atoms with Gasteiger partial charge in [-0.1, -0.05) is 17.8 Å². The number of carbonyl (C=O) groups is 5. The van der Waals surface area contributed by atoms with Gasteiger partial charge in [0.25, 0.3) is 16.4 Å². The Balaban J connectivity index is 1.66. The van der Waals surface area contributed by atoms with Crippen molar-refractivity contribution in [2.24, 2.45) is 0 Å². The van der Waals surface area contributed by atoms with E-state index in [1.54, 1.807) is 12.1 Å². The summed E-state index contributed by atoms with van der Waals surface area (Å²) in [4.78, 5) is 57.5. The van der Waals surface area contributed by atoms with E-state index in [9.17, 15) is 24.0 Å². The maximum absolute atomic E-state index is 12.0. The first-order valence-electron chi connectivity index (χ1n) is 7.08. The average molecular weight is 457 g/mol. The lowest BCUT2D eigenvalue weighted by atomic mass is 10.2. The third-order valence-corrected chi connectivity index (χ3v) is 5.65. The minimum absolute atomic E-state index is 0.228. The number of hydrogen-bond donors (Lipinski definition) is 2. The summed E-state index contributed by atoms with van der Waals surface area (Å²) >= 11 is 4.82. The van der Waals surface area contributed by atoms with Gasteiger partial charge in [0, 0.05) is 0 Å². The molecule has 2 saturated heterocycles. The molecule has 0 aliphatic carbocycles. The number of amides is 4. The largest absolute Gasteiger partial charge is 0.425 e. The van der Waals surface area contributed by atoms with Crippen molar-refractivity contribution < 1.29 is 28.7 Å². The zero-order valence-corrected chi connectivity index (χ0v) is 16.0. The van der Waals surface area contributed by atoms with E-state index in [2.05, 4.69) is 26.6 Å². The fraction of sp³-hybridized carbons (Fsp3) is 0.133.